The lowest BCUT2D eigenvalue weighted by Crippen LogP contribution is -1.89. The number of pyridine rings is 1. The molecule has 0 aliphatic heterocycles. The van der Waals surface area contributed by atoms with E-state index in [1.807, 2.05) is 18.2 Å². The normalized spacial score (nSPS) is 9.46. The minimum Gasteiger partial charge on any atom is -0.303 e. The number of imidazole rings is 1. The maximum Gasteiger partial charge on any atom is 0.158 e. The third kappa shape index (κ3) is 1.40. The summed E-state index contributed by atoms with van der Waals surface area (Å²) in [6.45, 7) is 0. The predicted octanol–water partition coefficient (Wildman–Crippen LogP) is 1.14. The Labute approximate surface area is 75.1 Å². The molecule has 2 rings (SSSR count). The number of nitriles is 1. The van der Waals surface area contributed by atoms with Crippen LogP contribution in [0.1, 0.15) is 5.69 Å². The zero-order valence-electron chi connectivity index (χ0n) is 6.75. The van der Waals surface area contributed by atoms with Crippen molar-refractivity contribution < 1.29 is 0 Å². The Morgan fingerprint density at radius 2 is 2.38 bits per heavy atom. The second kappa shape index (κ2) is 3.07. The smallest absolute Gasteiger partial charge is 0.158 e. The van der Waals surface area contributed by atoms with Crippen molar-refractivity contribution in [1.29, 1.82) is 5.26 Å². The van der Waals surface area contributed by atoms with Gasteiger partial charge in [0.25, 0.3) is 0 Å². The summed E-state index contributed by atoms with van der Waals surface area (Å²) in [6, 6.07) is 5.70. The van der Waals surface area contributed by atoms with Crippen LogP contribution in [-0.4, -0.2) is 14.5 Å². The highest BCUT2D eigenvalue weighted by Crippen LogP contribution is 2.05. The number of aromatic nitrogens is 3. The number of nitrogens with zero attached hydrogens (tertiary/aromatic N) is 4. The molecule has 0 aromatic carbocycles. The van der Waals surface area contributed by atoms with Crippen LogP contribution in [-0.2, 0) is 0 Å². The van der Waals surface area contributed by atoms with Crippen molar-refractivity contribution >= 4 is 0 Å². The molecule has 0 radical (unpaired) electrons. The van der Waals surface area contributed by atoms with E-state index in [0.717, 1.165) is 5.69 Å². The van der Waals surface area contributed by atoms with Crippen molar-refractivity contribution in [3.8, 4) is 11.8 Å². The highest BCUT2D eigenvalue weighted by Gasteiger charge is 1.97. The van der Waals surface area contributed by atoms with Crippen molar-refractivity contribution in [2.45, 2.75) is 0 Å². The highest BCUT2D eigenvalue weighted by molar-refractivity contribution is 5.30. The largest absolute Gasteiger partial charge is 0.303 e. The molecule has 4 nitrogen and oxygen atoms in total. The standard InChI is InChI=1S/C9H6N4/c10-4-8-6-13(7-12-8)9-2-1-3-11-5-9/h1-3,5-7H. The molecule has 2 heterocycles. The molecule has 0 amide bonds. The molecule has 0 N–H and O–H groups in total. The van der Waals surface area contributed by atoms with Crippen LogP contribution >= 0.6 is 0 Å². The van der Waals surface area contributed by atoms with Crippen LogP contribution in [0, 0.1) is 11.3 Å². The second-order valence-corrected chi connectivity index (χ2v) is 2.49. The van der Waals surface area contributed by atoms with Gasteiger partial charge >= 0.3 is 0 Å². The van der Waals surface area contributed by atoms with Crippen molar-refractivity contribution in [2.75, 3.05) is 0 Å². The van der Waals surface area contributed by atoms with E-state index < -0.39 is 0 Å². The van der Waals surface area contributed by atoms with E-state index in [0.29, 0.717) is 5.69 Å². The SMILES string of the molecule is N#Cc1cn(-c2cccnc2)cn1. The Morgan fingerprint density at radius 1 is 1.46 bits per heavy atom. The summed E-state index contributed by atoms with van der Waals surface area (Å²) in [5.41, 5.74) is 1.31. The minimum atomic E-state index is 0.406. The molecule has 0 atom stereocenters. The van der Waals surface area contributed by atoms with Gasteiger partial charge in [0, 0.05) is 12.4 Å². The zero-order chi connectivity index (χ0) is 9.10. The summed E-state index contributed by atoms with van der Waals surface area (Å²) in [6.07, 6.45) is 6.67. The highest BCUT2D eigenvalue weighted by atomic mass is 15.0. The third-order valence-electron chi connectivity index (χ3n) is 1.64. The molecule has 0 fully saturated rings. The van der Waals surface area contributed by atoms with E-state index >= 15 is 0 Å². The first-order valence-electron chi connectivity index (χ1n) is 3.74. The summed E-state index contributed by atoms with van der Waals surface area (Å²) in [7, 11) is 0. The van der Waals surface area contributed by atoms with Crippen LogP contribution in [0.5, 0.6) is 0 Å². The predicted molar refractivity (Wildman–Crippen MR) is 46.1 cm³/mol. The van der Waals surface area contributed by atoms with Crippen molar-refractivity contribution in [2.24, 2.45) is 0 Å². The molecule has 0 saturated carbocycles. The first kappa shape index (κ1) is 7.50. The fourth-order valence-electron chi connectivity index (χ4n) is 1.03. The molecule has 0 spiro atoms. The van der Waals surface area contributed by atoms with Crippen LogP contribution in [0.3, 0.4) is 0 Å². The van der Waals surface area contributed by atoms with Gasteiger partial charge in [-0.3, -0.25) is 4.98 Å². The van der Waals surface area contributed by atoms with E-state index in [-0.39, 0.29) is 0 Å². The molecule has 2 aromatic rings. The molecule has 13 heavy (non-hydrogen) atoms. The molecular weight excluding hydrogens is 164 g/mol. The zero-order valence-corrected chi connectivity index (χ0v) is 6.75. The van der Waals surface area contributed by atoms with Gasteiger partial charge in [-0.15, -0.1) is 0 Å². The molecule has 0 saturated heterocycles. The number of hydrogen-bond acceptors (Lipinski definition) is 3. The molecule has 0 aliphatic rings. The average molecular weight is 170 g/mol. The Kier molecular flexibility index (Phi) is 1.77. The Hall–Kier alpha value is -2.15. The van der Waals surface area contributed by atoms with Crippen LogP contribution in [0.4, 0.5) is 0 Å². The van der Waals surface area contributed by atoms with Gasteiger partial charge < -0.3 is 4.57 Å². The van der Waals surface area contributed by atoms with Crippen molar-refractivity contribution in [3.05, 3.63) is 42.7 Å². The van der Waals surface area contributed by atoms with E-state index in [4.69, 9.17) is 5.26 Å². The first-order valence-corrected chi connectivity index (χ1v) is 3.74. The van der Waals surface area contributed by atoms with Crippen molar-refractivity contribution in [1.82, 2.24) is 14.5 Å². The van der Waals surface area contributed by atoms with Gasteiger partial charge in [0.05, 0.1) is 11.9 Å². The van der Waals surface area contributed by atoms with Crippen LogP contribution in [0.15, 0.2) is 37.1 Å². The lowest BCUT2D eigenvalue weighted by atomic mass is 10.4. The second-order valence-electron chi connectivity index (χ2n) is 2.49. The quantitative estimate of drug-likeness (QED) is 0.644. The molecule has 0 unspecified atom stereocenters. The summed E-state index contributed by atoms with van der Waals surface area (Å²) in [4.78, 5) is 7.85. The molecule has 0 aliphatic carbocycles. The molecule has 0 bridgehead atoms. The van der Waals surface area contributed by atoms with Gasteiger partial charge in [0.1, 0.15) is 12.4 Å². The fourth-order valence-corrected chi connectivity index (χ4v) is 1.03. The maximum atomic E-state index is 8.56. The minimum absolute atomic E-state index is 0.406. The van der Waals surface area contributed by atoms with E-state index in [1.165, 1.54) is 0 Å². The summed E-state index contributed by atoms with van der Waals surface area (Å²) in [5.74, 6) is 0. The van der Waals surface area contributed by atoms with E-state index in [2.05, 4.69) is 9.97 Å². The lowest BCUT2D eigenvalue weighted by Gasteiger charge is -1.97. The Bertz CT molecular complexity index is 438. The topological polar surface area (TPSA) is 54.5 Å². The Morgan fingerprint density at radius 3 is 3.00 bits per heavy atom. The number of rotatable bonds is 1. The third-order valence-corrected chi connectivity index (χ3v) is 1.64. The first-order chi connectivity index (χ1) is 6.40. The fraction of sp³-hybridized carbons (Fsp3) is 0. The van der Waals surface area contributed by atoms with Gasteiger partial charge in [-0.25, -0.2) is 4.98 Å². The lowest BCUT2D eigenvalue weighted by molar-refractivity contribution is 1.04. The van der Waals surface area contributed by atoms with Gasteiger partial charge in [-0.2, -0.15) is 5.26 Å². The van der Waals surface area contributed by atoms with E-state index in [9.17, 15) is 0 Å². The molecule has 2 aromatic heterocycles. The molecular formula is C9H6N4. The molecule has 62 valence electrons. The summed E-state index contributed by atoms with van der Waals surface area (Å²) in [5, 5.41) is 8.56. The monoisotopic (exact) mass is 170 g/mol. The summed E-state index contributed by atoms with van der Waals surface area (Å²) < 4.78 is 1.76. The van der Waals surface area contributed by atoms with Crippen molar-refractivity contribution in [3.63, 3.8) is 0 Å². The van der Waals surface area contributed by atoms with Crippen LogP contribution < -0.4 is 0 Å². The average Bonchev–Trinajstić information content (AvgIpc) is 2.67. The van der Waals surface area contributed by atoms with Crippen LogP contribution in [0.2, 0.25) is 0 Å². The van der Waals surface area contributed by atoms with Crippen LogP contribution in [0.25, 0.3) is 5.69 Å². The van der Waals surface area contributed by atoms with Gasteiger partial charge in [0.15, 0.2) is 5.69 Å². The Balaban J connectivity index is 2.43. The van der Waals surface area contributed by atoms with Gasteiger partial charge in [0.2, 0.25) is 0 Å². The van der Waals surface area contributed by atoms with Gasteiger partial charge in [-0.1, -0.05) is 0 Å². The molecule has 4 heteroatoms. The number of hydrogen-bond donors (Lipinski definition) is 0. The summed E-state index contributed by atoms with van der Waals surface area (Å²) >= 11 is 0. The van der Waals surface area contributed by atoms with E-state index in [1.54, 1.807) is 29.5 Å². The maximum absolute atomic E-state index is 8.56. The van der Waals surface area contributed by atoms with Gasteiger partial charge in [-0.05, 0) is 12.1 Å².